The van der Waals surface area contributed by atoms with Crippen LogP contribution in [0.1, 0.15) is 58.3 Å². The number of fused-ring (bicyclic) bond motifs is 1. The molecule has 3 rings (SSSR count). The van der Waals surface area contributed by atoms with Gasteiger partial charge in [0.1, 0.15) is 12.2 Å². The molecule has 2 aliphatic carbocycles. The van der Waals surface area contributed by atoms with Crippen LogP contribution in [-0.2, 0) is 9.63 Å². The quantitative estimate of drug-likeness (QED) is 0.823. The van der Waals surface area contributed by atoms with E-state index in [2.05, 4.69) is 17.7 Å². The number of carbonyl (C=O) groups excluding carboxylic acids is 1. The van der Waals surface area contributed by atoms with E-state index in [4.69, 9.17) is 4.84 Å². The standard InChI is InChI=1S/C16H27FN2O2/c1-10-7-8-13(17)12-9-14(19-21-15(10)12)16(20)18-11-5-3-2-4-6-11/h10-15,19H,2-9H2,1H3,(H,18,20). The fourth-order valence-electron chi connectivity index (χ4n) is 4.10. The Morgan fingerprint density at radius 3 is 2.71 bits per heavy atom. The van der Waals surface area contributed by atoms with Crippen molar-refractivity contribution in [1.29, 1.82) is 0 Å². The van der Waals surface area contributed by atoms with Gasteiger partial charge in [0.2, 0.25) is 5.91 Å². The van der Waals surface area contributed by atoms with Crippen molar-refractivity contribution in [3.05, 3.63) is 0 Å². The van der Waals surface area contributed by atoms with Crippen molar-refractivity contribution in [2.75, 3.05) is 0 Å². The molecule has 0 aromatic heterocycles. The van der Waals surface area contributed by atoms with Crippen molar-refractivity contribution < 1.29 is 14.0 Å². The third kappa shape index (κ3) is 3.39. The zero-order chi connectivity index (χ0) is 14.8. The summed E-state index contributed by atoms with van der Waals surface area (Å²) in [6.45, 7) is 2.10. The Balaban J connectivity index is 1.55. The van der Waals surface area contributed by atoms with E-state index in [-0.39, 0.29) is 24.0 Å². The molecule has 2 N–H and O–H groups in total. The summed E-state index contributed by atoms with van der Waals surface area (Å²) in [5, 5.41) is 3.11. The largest absolute Gasteiger partial charge is 0.352 e. The minimum Gasteiger partial charge on any atom is -0.352 e. The van der Waals surface area contributed by atoms with Crippen LogP contribution in [0.2, 0.25) is 0 Å². The minimum absolute atomic E-state index is 0.0224. The van der Waals surface area contributed by atoms with E-state index < -0.39 is 12.2 Å². The number of hydrogen-bond acceptors (Lipinski definition) is 3. The third-order valence-electron chi connectivity index (χ3n) is 5.47. The first-order valence-corrected chi connectivity index (χ1v) is 8.51. The molecule has 120 valence electrons. The van der Waals surface area contributed by atoms with Crippen molar-refractivity contribution in [2.45, 2.75) is 82.6 Å². The molecule has 1 amide bonds. The normalized spacial score (nSPS) is 41.3. The molecule has 3 fully saturated rings. The summed E-state index contributed by atoms with van der Waals surface area (Å²) >= 11 is 0. The second kappa shape index (κ2) is 6.61. The SMILES string of the molecule is CC1CCC(F)C2CC(C(=O)NC3CCCCC3)NOC12. The molecule has 0 spiro atoms. The Kier molecular flexibility index (Phi) is 4.79. The Morgan fingerprint density at radius 2 is 1.95 bits per heavy atom. The van der Waals surface area contributed by atoms with Gasteiger partial charge in [-0.1, -0.05) is 26.2 Å². The monoisotopic (exact) mass is 298 g/mol. The van der Waals surface area contributed by atoms with Crippen LogP contribution in [0.15, 0.2) is 0 Å². The van der Waals surface area contributed by atoms with Gasteiger partial charge in [-0.2, -0.15) is 5.48 Å². The fraction of sp³-hybridized carbons (Fsp3) is 0.938. The van der Waals surface area contributed by atoms with E-state index in [0.717, 1.165) is 19.3 Å². The van der Waals surface area contributed by atoms with Crippen LogP contribution in [0.4, 0.5) is 4.39 Å². The smallest absolute Gasteiger partial charge is 0.239 e. The number of hydroxylamine groups is 1. The zero-order valence-corrected chi connectivity index (χ0v) is 12.8. The summed E-state index contributed by atoms with van der Waals surface area (Å²) in [7, 11) is 0. The van der Waals surface area contributed by atoms with Crippen LogP contribution >= 0.6 is 0 Å². The molecule has 5 heteroatoms. The van der Waals surface area contributed by atoms with E-state index >= 15 is 0 Å². The lowest BCUT2D eigenvalue weighted by Gasteiger charge is -2.43. The van der Waals surface area contributed by atoms with Crippen LogP contribution in [-0.4, -0.2) is 30.3 Å². The highest BCUT2D eigenvalue weighted by Gasteiger charge is 2.44. The number of nitrogens with one attached hydrogen (secondary N) is 2. The van der Waals surface area contributed by atoms with E-state index in [1.165, 1.54) is 19.3 Å². The van der Waals surface area contributed by atoms with Gasteiger partial charge >= 0.3 is 0 Å². The second-order valence-corrected chi connectivity index (χ2v) is 7.07. The van der Waals surface area contributed by atoms with Crippen molar-refractivity contribution in [3.8, 4) is 0 Å². The molecule has 5 atom stereocenters. The van der Waals surface area contributed by atoms with E-state index in [9.17, 15) is 9.18 Å². The average molecular weight is 298 g/mol. The number of hydrogen-bond donors (Lipinski definition) is 2. The lowest BCUT2D eigenvalue weighted by Crippen LogP contribution is -2.58. The molecule has 2 saturated carbocycles. The van der Waals surface area contributed by atoms with Gasteiger partial charge in [0.05, 0.1) is 6.10 Å². The summed E-state index contributed by atoms with van der Waals surface area (Å²) in [5.74, 6) is 0.194. The maximum absolute atomic E-state index is 14.1. The summed E-state index contributed by atoms with van der Waals surface area (Å²) in [6.07, 6.45) is 6.86. The highest BCUT2D eigenvalue weighted by molar-refractivity contribution is 5.82. The molecular formula is C16H27FN2O2. The van der Waals surface area contributed by atoms with Gasteiger partial charge in [0.15, 0.2) is 0 Å². The summed E-state index contributed by atoms with van der Waals surface area (Å²) in [4.78, 5) is 18.0. The Bertz CT molecular complexity index is 373. The molecule has 21 heavy (non-hydrogen) atoms. The molecule has 0 aromatic rings. The van der Waals surface area contributed by atoms with Gasteiger partial charge in [0, 0.05) is 12.0 Å². The van der Waals surface area contributed by atoms with E-state index in [1.807, 2.05) is 0 Å². The lowest BCUT2D eigenvalue weighted by molar-refractivity contribution is -0.172. The van der Waals surface area contributed by atoms with Gasteiger partial charge < -0.3 is 5.32 Å². The first-order valence-electron chi connectivity index (χ1n) is 8.51. The first-order chi connectivity index (χ1) is 10.1. The molecule has 1 saturated heterocycles. The molecule has 0 radical (unpaired) electrons. The van der Waals surface area contributed by atoms with E-state index in [1.54, 1.807) is 0 Å². The van der Waals surface area contributed by atoms with Crippen LogP contribution in [0.25, 0.3) is 0 Å². The fourth-order valence-corrected chi connectivity index (χ4v) is 4.10. The zero-order valence-electron chi connectivity index (χ0n) is 12.8. The van der Waals surface area contributed by atoms with Crippen molar-refractivity contribution in [3.63, 3.8) is 0 Å². The highest BCUT2D eigenvalue weighted by atomic mass is 19.1. The molecule has 4 nitrogen and oxygen atoms in total. The Morgan fingerprint density at radius 1 is 1.19 bits per heavy atom. The van der Waals surface area contributed by atoms with Gasteiger partial charge in [-0.15, -0.1) is 0 Å². The average Bonchev–Trinajstić information content (AvgIpc) is 2.52. The Hall–Kier alpha value is -0.680. The van der Waals surface area contributed by atoms with Crippen LogP contribution in [0.3, 0.4) is 0 Å². The minimum atomic E-state index is -0.835. The van der Waals surface area contributed by atoms with Crippen LogP contribution in [0.5, 0.6) is 0 Å². The van der Waals surface area contributed by atoms with Crippen molar-refractivity contribution in [1.82, 2.24) is 10.8 Å². The summed E-state index contributed by atoms with van der Waals surface area (Å²) < 4.78 is 14.1. The lowest BCUT2D eigenvalue weighted by atomic mass is 9.75. The maximum Gasteiger partial charge on any atom is 0.239 e. The summed E-state index contributed by atoms with van der Waals surface area (Å²) in [5.41, 5.74) is 2.88. The predicted molar refractivity (Wildman–Crippen MR) is 78.2 cm³/mol. The third-order valence-corrected chi connectivity index (χ3v) is 5.47. The van der Waals surface area contributed by atoms with Crippen molar-refractivity contribution in [2.24, 2.45) is 11.8 Å². The number of halogens is 1. The molecule has 0 bridgehead atoms. The van der Waals surface area contributed by atoms with Gasteiger partial charge in [-0.25, -0.2) is 4.39 Å². The van der Waals surface area contributed by atoms with Gasteiger partial charge in [-0.05, 0) is 38.0 Å². The van der Waals surface area contributed by atoms with Crippen LogP contribution in [0, 0.1) is 11.8 Å². The van der Waals surface area contributed by atoms with Gasteiger partial charge in [0.25, 0.3) is 0 Å². The second-order valence-electron chi connectivity index (χ2n) is 7.07. The number of rotatable bonds is 2. The van der Waals surface area contributed by atoms with Crippen molar-refractivity contribution >= 4 is 5.91 Å². The van der Waals surface area contributed by atoms with Crippen LogP contribution < -0.4 is 10.8 Å². The number of alkyl halides is 1. The predicted octanol–water partition coefficient (Wildman–Crippen LogP) is 2.48. The topological polar surface area (TPSA) is 50.4 Å². The number of amides is 1. The Labute approximate surface area is 126 Å². The molecule has 5 unspecified atom stereocenters. The van der Waals surface area contributed by atoms with E-state index in [0.29, 0.717) is 18.8 Å². The molecule has 1 aliphatic heterocycles. The first kappa shape index (κ1) is 15.2. The maximum atomic E-state index is 14.1. The molecular weight excluding hydrogens is 271 g/mol. The highest BCUT2D eigenvalue weighted by Crippen LogP contribution is 2.38. The molecule has 0 aromatic carbocycles. The molecule has 3 aliphatic rings. The number of carbonyl (C=O) groups is 1. The summed E-state index contributed by atoms with van der Waals surface area (Å²) in [6, 6.07) is -0.117. The molecule has 1 heterocycles. The van der Waals surface area contributed by atoms with Gasteiger partial charge in [-0.3, -0.25) is 9.63 Å².